The van der Waals surface area contributed by atoms with E-state index in [0.29, 0.717) is 12.4 Å². The Labute approximate surface area is 122 Å². The third kappa shape index (κ3) is 3.49. The Morgan fingerprint density at radius 3 is 2.86 bits per heavy atom. The maximum absolute atomic E-state index is 11.6. The van der Waals surface area contributed by atoms with Crippen LogP contribution < -0.4 is 11.1 Å². The summed E-state index contributed by atoms with van der Waals surface area (Å²) < 4.78 is 9.77. The van der Waals surface area contributed by atoms with Crippen molar-refractivity contribution >= 4 is 23.2 Å². The van der Waals surface area contributed by atoms with Crippen LogP contribution >= 0.6 is 0 Å². The average Bonchev–Trinajstić information content (AvgIpc) is 2.49. The number of anilines is 3. The van der Waals surface area contributed by atoms with E-state index in [1.54, 1.807) is 7.11 Å². The predicted molar refractivity (Wildman–Crippen MR) is 80.4 cm³/mol. The van der Waals surface area contributed by atoms with Gasteiger partial charge in [0.2, 0.25) is 0 Å². The number of carbonyl (C=O) groups excluding carboxylic acids is 1. The Morgan fingerprint density at radius 1 is 1.33 bits per heavy atom. The molecular formula is C15H17N3O3. The van der Waals surface area contributed by atoms with Gasteiger partial charge < -0.3 is 20.5 Å². The average molecular weight is 287 g/mol. The zero-order valence-corrected chi connectivity index (χ0v) is 11.9. The standard InChI is InChI=1S/C15H17N3O3/c1-20-9-10-4-3-5-11(8-10)18-14-13(16)12(6-7-17-14)15(19)21-2/h3-8H,9,16H2,1-2H3,(H,17,18). The van der Waals surface area contributed by atoms with Gasteiger partial charge in [-0.05, 0) is 23.8 Å². The number of hydrogen-bond acceptors (Lipinski definition) is 6. The van der Waals surface area contributed by atoms with Crippen LogP contribution in [-0.4, -0.2) is 25.2 Å². The Kier molecular flexibility index (Phi) is 4.73. The number of methoxy groups -OCH3 is 2. The predicted octanol–water partition coefficient (Wildman–Crippen LogP) is 2.34. The van der Waals surface area contributed by atoms with E-state index in [0.717, 1.165) is 11.3 Å². The van der Waals surface area contributed by atoms with Crippen molar-refractivity contribution in [1.29, 1.82) is 0 Å². The van der Waals surface area contributed by atoms with Crippen LogP contribution in [0.25, 0.3) is 0 Å². The summed E-state index contributed by atoms with van der Waals surface area (Å²) in [4.78, 5) is 15.8. The molecule has 0 amide bonds. The highest BCUT2D eigenvalue weighted by Crippen LogP contribution is 2.24. The summed E-state index contributed by atoms with van der Waals surface area (Å²) in [6, 6.07) is 9.18. The maximum Gasteiger partial charge on any atom is 0.340 e. The number of carbonyl (C=O) groups is 1. The first-order valence-corrected chi connectivity index (χ1v) is 6.33. The number of aromatic nitrogens is 1. The molecular weight excluding hydrogens is 270 g/mol. The molecule has 1 aromatic heterocycles. The molecule has 2 rings (SSSR count). The van der Waals surface area contributed by atoms with Gasteiger partial charge in [0.05, 0.1) is 25.0 Å². The summed E-state index contributed by atoms with van der Waals surface area (Å²) in [5, 5.41) is 3.09. The molecule has 0 saturated heterocycles. The van der Waals surface area contributed by atoms with Gasteiger partial charge in [-0.25, -0.2) is 9.78 Å². The highest BCUT2D eigenvalue weighted by molar-refractivity contribution is 5.97. The van der Waals surface area contributed by atoms with E-state index >= 15 is 0 Å². The number of nitrogens with two attached hydrogens (primary N) is 1. The molecule has 2 aromatic rings. The minimum atomic E-state index is -0.494. The number of esters is 1. The molecule has 0 fully saturated rings. The van der Waals surface area contributed by atoms with E-state index in [-0.39, 0.29) is 11.3 Å². The summed E-state index contributed by atoms with van der Waals surface area (Å²) >= 11 is 0. The second kappa shape index (κ2) is 6.71. The largest absolute Gasteiger partial charge is 0.465 e. The molecule has 0 saturated carbocycles. The molecule has 0 unspecified atom stereocenters. The number of hydrogen-bond donors (Lipinski definition) is 2. The number of ether oxygens (including phenoxy) is 2. The molecule has 0 bridgehead atoms. The fourth-order valence-corrected chi connectivity index (χ4v) is 1.90. The van der Waals surface area contributed by atoms with E-state index in [1.807, 2.05) is 24.3 Å². The van der Waals surface area contributed by atoms with Crippen LogP contribution in [0.1, 0.15) is 15.9 Å². The Bertz CT molecular complexity index is 644. The van der Waals surface area contributed by atoms with E-state index in [1.165, 1.54) is 19.4 Å². The third-order valence-corrected chi connectivity index (χ3v) is 2.90. The number of nitrogens with one attached hydrogen (secondary N) is 1. The third-order valence-electron chi connectivity index (χ3n) is 2.90. The van der Waals surface area contributed by atoms with Gasteiger partial charge in [0.15, 0.2) is 5.82 Å². The van der Waals surface area contributed by atoms with Gasteiger partial charge in [-0.15, -0.1) is 0 Å². The summed E-state index contributed by atoms with van der Waals surface area (Å²) in [6.07, 6.45) is 1.50. The van der Waals surface area contributed by atoms with Crippen molar-refractivity contribution < 1.29 is 14.3 Å². The normalized spacial score (nSPS) is 10.2. The number of rotatable bonds is 5. The fourth-order valence-electron chi connectivity index (χ4n) is 1.90. The molecule has 21 heavy (non-hydrogen) atoms. The smallest absolute Gasteiger partial charge is 0.340 e. The zero-order valence-electron chi connectivity index (χ0n) is 11.9. The fraction of sp³-hybridized carbons (Fsp3) is 0.200. The molecule has 6 nitrogen and oxygen atoms in total. The molecule has 0 spiro atoms. The highest BCUT2D eigenvalue weighted by atomic mass is 16.5. The van der Waals surface area contributed by atoms with Crippen molar-refractivity contribution in [3.05, 3.63) is 47.7 Å². The maximum atomic E-state index is 11.6. The lowest BCUT2D eigenvalue weighted by atomic mass is 10.2. The Morgan fingerprint density at radius 2 is 2.14 bits per heavy atom. The summed E-state index contributed by atoms with van der Waals surface area (Å²) in [5.74, 6) is -0.0847. The van der Waals surface area contributed by atoms with Crippen LogP contribution in [0.15, 0.2) is 36.5 Å². The molecule has 110 valence electrons. The SMILES string of the molecule is COCc1cccc(Nc2nccc(C(=O)OC)c2N)c1. The minimum absolute atomic E-state index is 0.251. The first kappa shape index (κ1) is 14.8. The lowest BCUT2D eigenvalue weighted by Crippen LogP contribution is -2.09. The minimum Gasteiger partial charge on any atom is -0.465 e. The number of nitrogen functional groups attached to an aromatic ring is 1. The first-order chi connectivity index (χ1) is 10.2. The molecule has 0 radical (unpaired) electrons. The molecule has 6 heteroatoms. The zero-order chi connectivity index (χ0) is 15.2. The first-order valence-electron chi connectivity index (χ1n) is 6.33. The van der Waals surface area contributed by atoms with Gasteiger partial charge in [0.25, 0.3) is 0 Å². The van der Waals surface area contributed by atoms with Crippen LogP contribution in [0.4, 0.5) is 17.2 Å². The number of benzene rings is 1. The Hall–Kier alpha value is -2.60. The monoisotopic (exact) mass is 287 g/mol. The van der Waals surface area contributed by atoms with Gasteiger partial charge in [-0.1, -0.05) is 12.1 Å². The van der Waals surface area contributed by atoms with E-state index in [2.05, 4.69) is 15.0 Å². The van der Waals surface area contributed by atoms with Crippen molar-refractivity contribution in [1.82, 2.24) is 4.98 Å². The van der Waals surface area contributed by atoms with Crippen molar-refractivity contribution in [3.63, 3.8) is 0 Å². The molecule has 3 N–H and O–H groups in total. The van der Waals surface area contributed by atoms with E-state index in [4.69, 9.17) is 10.5 Å². The van der Waals surface area contributed by atoms with Crippen LogP contribution in [0, 0.1) is 0 Å². The van der Waals surface area contributed by atoms with Crippen LogP contribution in [0.3, 0.4) is 0 Å². The molecule has 1 aromatic carbocycles. The Balaban J connectivity index is 2.27. The van der Waals surface area contributed by atoms with E-state index < -0.39 is 5.97 Å². The van der Waals surface area contributed by atoms with Gasteiger partial charge in [-0.2, -0.15) is 0 Å². The molecule has 0 aliphatic rings. The second-order valence-electron chi connectivity index (χ2n) is 4.37. The van der Waals surface area contributed by atoms with Gasteiger partial charge in [0, 0.05) is 19.0 Å². The van der Waals surface area contributed by atoms with Crippen LogP contribution in [-0.2, 0) is 16.1 Å². The topological polar surface area (TPSA) is 86.5 Å². The van der Waals surface area contributed by atoms with Gasteiger partial charge >= 0.3 is 5.97 Å². The molecule has 1 heterocycles. The number of nitrogens with zero attached hydrogens (tertiary/aromatic N) is 1. The lowest BCUT2D eigenvalue weighted by molar-refractivity contribution is 0.0602. The summed E-state index contributed by atoms with van der Waals surface area (Å²) in [7, 11) is 2.95. The van der Waals surface area contributed by atoms with Gasteiger partial charge in [-0.3, -0.25) is 0 Å². The van der Waals surface area contributed by atoms with Crippen LogP contribution in [0.5, 0.6) is 0 Å². The highest BCUT2D eigenvalue weighted by Gasteiger charge is 2.13. The van der Waals surface area contributed by atoms with Crippen molar-refractivity contribution in [2.75, 3.05) is 25.3 Å². The lowest BCUT2D eigenvalue weighted by Gasteiger charge is -2.11. The molecule has 0 aliphatic heterocycles. The van der Waals surface area contributed by atoms with Crippen molar-refractivity contribution in [2.24, 2.45) is 0 Å². The summed E-state index contributed by atoms with van der Waals surface area (Å²) in [6.45, 7) is 0.515. The molecule has 0 atom stereocenters. The van der Waals surface area contributed by atoms with Crippen molar-refractivity contribution in [3.8, 4) is 0 Å². The van der Waals surface area contributed by atoms with Crippen LogP contribution in [0.2, 0.25) is 0 Å². The quantitative estimate of drug-likeness (QED) is 0.821. The van der Waals surface area contributed by atoms with E-state index in [9.17, 15) is 4.79 Å². The number of pyridine rings is 1. The van der Waals surface area contributed by atoms with Crippen molar-refractivity contribution in [2.45, 2.75) is 6.61 Å². The summed E-state index contributed by atoms with van der Waals surface area (Å²) in [5.41, 5.74) is 8.32. The molecule has 0 aliphatic carbocycles. The van der Waals surface area contributed by atoms with Gasteiger partial charge in [0.1, 0.15) is 0 Å². The second-order valence-corrected chi connectivity index (χ2v) is 4.37.